The topological polar surface area (TPSA) is 115 Å². The zero-order chi connectivity index (χ0) is 15.8. The van der Waals surface area contributed by atoms with Crippen LogP contribution in [0.1, 0.15) is 5.56 Å². The number of nitrogens with one attached hydrogen (secondary N) is 1. The van der Waals surface area contributed by atoms with E-state index in [0.29, 0.717) is 10.0 Å². The predicted molar refractivity (Wildman–Crippen MR) is 75.9 cm³/mol. The molecule has 0 bridgehead atoms. The number of hydrogen-bond acceptors (Lipinski definition) is 4. The quantitative estimate of drug-likeness (QED) is 0.790. The lowest BCUT2D eigenvalue weighted by atomic mass is 10.2. The Hall–Kier alpha value is -1.78. The van der Waals surface area contributed by atoms with Crippen molar-refractivity contribution in [2.75, 3.05) is 0 Å². The standard InChI is InChI=1S/C11H9BrFN3O4S/c12-8-3-7(13)2-1-6(8)4-16-5-9(21(14,19)20)10(17)15-11(16)18/h1-3,5H,4H2,(H2,14,19,20)(H,15,17,18). The number of sulfonamides is 1. The molecule has 0 amide bonds. The van der Waals surface area contributed by atoms with Gasteiger partial charge in [-0.3, -0.25) is 14.3 Å². The van der Waals surface area contributed by atoms with Crippen LogP contribution in [0.3, 0.4) is 0 Å². The summed E-state index contributed by atoms with van der Waals surface area (Å²) in [6, 6.07) is 3.82. The molecule has 1 heterocycles. The third-order valence-electron chi connectivity index (χ3n) is 2.64. The molecule has 2 aromatic rings. The summed E-state index contributed by atoms with van der Waals surface area (Å²) < 4.78 is 36.9. The van der Waals surface area contributed by atoms with Crippen molar-refractivity contribution in [3.63, 3.8) is 0 Å². The van der Waals surface area contributed by atoms with Crippen LogP contribution in [0, 0.1) is 5.82 Å². The third kappa shape index (κ3) is 3.46. The van der Waals surface area contributed by atoms with Crippen molar-refractivity contribution in [1.29, 1.82) is 0 Å². The van der Waals surface area contributed by atoms with Gasteiger partial charge in [0.15, 0.2) is 4.90 Å². The number of aromatic nitrogens is 2. The number of aromatic amines is 1. The second-order valence-electron chi connectivity index (χ2n) is 4.16. The van der Waals surface area contributed by atoms with E-state index in [-0.39, 0.29) is 6.54 Å². The van der Waals surface area contributed by atoms with Crippen molar-refractivity contribution >= 4 is 26.0 Å². The Morgan fingerprint density at radius 2 is 2.00 bits per heavy atom. The van der Waals surface area contributed by atoms with Crippen LogP contribution in [0.15, 0.2) is 43.4 Å². The maximum Gasteiger partial charge on any atom is 0.328 e. The first kappa shape index (κ1) is 15.6. The van der Waals surface area contributed by atoms with Crippen LogP contribution in [0.4, 0.5) is 4.39 Å². The molecule has 1 aromatic carbocycles. The van der Waals surface area contributed by atoms with Gasteiger partial charge in [0.2, 0.25) is 10.0 Å². The Morgan fingerprint density at radius 1 is 1.33 bits per heavy atom. The van der Waals surface area contributed by atoms with Crippen molar-refractivity contribution < 1.29 is 12.8 Å². The maximum absolute atomic E-state index is 13.0. The molecule has 7 nitrogen and oxygen atoms in total. The van der Waals surface area contributed by atoms with E-state index in [4.69, 9.17) is 5.14 Å². The minimum absolute atomic E-state index is 0.0704. The molecular weight excluding hydrogens is 369 g/mol. The molecule has 10 heteroatoms. The van der Waals surface area contributed by atoms with E-state index < -0.39 is 32.0 Å². The van der Waals surface area contributed by atoms with Crippen LogP contribution in [0.2, 0.25) is 0 Å². The number of benzene rings is 1. The highest BCUT2D eigenvalue weighted by molar-refractivity contribution is 9.10. The van der Waals surface area contributed by atoms with Crippen LogP contribution in [-0.2, 0) is 16.6 Å². The van der Waals surface area contributed by atoms with E-state index in [1.807, 2.05) is 4.98 Å². The molecule has 1 aromatic heterocycles. The summed E-state index contributed by atoms with van der Waals surface area (Å²) in [5.41, 5.74) is -1.37. The highest BCUT2D eigenvalue weighted by atomic mass is 79.9. The van der Waals surface area contributed by atoms with Gasteiger partial charge in [-0.2, -0.15) is 0 Å². The fourth-order valence-electron chi connectivity index (χ4n) is 1.64. The minimum atomic E-state index is -4.26. The number of rotatable bonds is 3. The Labute approximate surface area is 126 Å². The molecule has 0 saturated carbocycles. The van der Waals surface area contributed by atoms with Crippen molar-refractivity contribution in [3.8, 4) is 0 Å². The lowest BCUT2D eigenvalue weighted by molar-refractivity contribution is 0.591. The van der Waals surface area contributed by atoms with Crippen LogP contribution in [0.25, 0.3) is 0 Å². The molecule has 0 saturated heterocycles. The number of primary sulfonamides is 1. The lowest BCUT2D eigenvalue weighted by Gasteiger charge is -2.08. The summed E-state index contributed by atoms with van der Waals surface area (Å²) in [5.74, 6) is -0.468. The number of H-pyrrole nitrogens is 1. The maximum atomic E-state index is 13.0. The molecule has 112 valence electrons. The molecule has 0 aliphatic heterocycles. The molecule has 0 fully saturated rings. The van der Waals surface area contributed by atoms with E-state index in [2.05, 4.69) is 15.9 Å². The average molecular weight is 378 g/mol. The number of nitrogens with zero attached hydrogens (tertiary/aromatic N) is 1. The summed E-state index contributed by atoms with van der Waals surface area (Å²) in [4.78, 5) is 24.2. The van der Waals surface area contributed by atoms with Crippen molar-refractivity contribution in [2.24, 2.45) is 5.14 Å². The average Bonchev–Trinajstić information content (AvgIpc) is 2.33. The smallest absolute Gasteiger partial charge is 0.295 e. The Morgan fingerprint density at radius 3 is 2.57 bits per heavy atom. The number of hydrogen-bond donors (Lipinski definition) is 2. The minimum Gasteiger partial charge on any atom is -0.295 e. The molecule has 0 spiro atoms. The Kier molecular flexibility index (Phi) is 4.12. The number of halogens is 2. The SMILES string of the molecule is NS(=O)(=O)c1cn(Cc2ccc(F)cc2Br)c(=O)[nH]c1=O. The van der Waals surface area contributed by atoms with Gasteiger partial charge in [0.25, 0.3) is 5.56 Å². The normalized spacial score (nSPS) is 11.6. The second kappa shape index (κ2) is 5.54. The summed E-state index contributed by atoms with van der Waals surface area (Å²) in [7, 11) is -4.26. The van der Waals surface area contributed by atoms with Gasteiger partial charge in [0.05, 0.1) is 6.54 Å². The van der Waals surface area contributed by atoms with Gasteiger partial charge in [0, 0.05) is 10.7 Å². The molecule has 0 aliphatic rings. The number of nitrogens with two attached hydrogens (primary N) is 1. The molecule has 3 N–H and O–H groups in total. The first-order valence-electron chi connectivity index (χ1n) is 5.49. The van der Waals surface area contributed by atoms with Crippen LogP contribution < -0.4 is 16.4 Å². The first-order chi connectivity index (χ1) is 9.68. The fourth-order valence-corrected chi connectivity index (χ4v) is 2.70. The van der Waals surface area contributed by atoms with E-state index in [0.717, 1.165) is 10.8 Å². The second-order valence-corrected chi connectivity index (χ2v) is 6.55. The zero-order valence-electron chi connectivity index (χ0n) is 10.3. The molecular formula is C11H9BrFN3O4S. The van der Waals surface area contributed by atoms with Crippen molar-refractivity contribution in [1.82, 2.24) is 9.55 Å². The van der Waals surface area contributed by atoms with Gasteiger partial charge in [0.1, 0.15) is 5.82 Å². The monoisotopic (exact) mass is 377 g/mol. The van der Waals surface area contributed by atoms with Gasteiger partial charge in [-0.05, 0) is 17.7 Å². The highest BCUT2D eigenvalue weighted by Crippen LogP contribution is 2.18. The van der Waals surface area contributed by atoms with Gasteiger partial charge in [-0.1, -0.05) is 22.0 Å². The van der Waals surface area contributed by atoms with Crippen LogP contribution in [-0.4, -0.2) is 18.0 Å². The van der Waals surface area contributed by atoms with Crippen molar-refractivity contribution in [3.05, 3.63) is 61.1 Å². The molecule has 0 atom stereocenters. The van der Waals surface area contributed by atoms with E-state index in [1.165, 1.54) is 18.2 Å². The lowest BCUT2D eigenvalue weighted by Crippen LogP contribution is -2.34. The van der Waals surface area contributed by atoms with Gasteiger partial charge in [-0.25, -0.2) is 22.7 Å². The van der Waals surface area contributed by atoms with E-state index in [1.54, 1.807) is 0 Å². The predicted octanol–water partition coefficient (Wildman–Crippen LogP) is 0.134. The largest absolute Gasteiger partial charge is 0.328 e. The summed E-state index contributed by atoms with van der Waals surface area (Å²) >= 11 is 3.13. The Bertz CT molecular complexity index is 920. The van der Waals surface area contributed by atoms with Crippen LogP contribution in [0.5, 0.6) is 0 Å². The van der Waals surface area contributed by atoms with E-state index in [9.17, 15) is 22.4 Å². The molecule has 21 heavy (non-hydrogen) atoms. The zero-order valence-corrected chi connectivity index (χ0v) is 12.7. The summed E-state index contributed by atoms with van der Waals surface area (Å²) in [6.45, 7) is -0.0704. The van der Waals surface area contributed by atoms with Crippen LogP contribution >= 0.6 is 15.9 Å². The summed E-state index contributed by atoms with van der Waals surface area (Å²) in [6.07, 6.45) is 0.853. The highest BCUT2D eigenvalue weighted by Gasteiger charge is 2.16. The third-order valence-corrected chi connectivity index (χ3v) is 4.28. The Balaban J connectivity index is 2.55. The van der Waals surface area contributed by atoms with E-state index >= 15 is 0 Å². The van der Waals surface area contributed by atoms with Gasteiger partial charge in [-0.15, -0.1) is 0 Å². The molecule has 2 rings (SSSR count). The molecule has 0 aliphatic carbocycles. The van der Waals surface area contributed by atoms with Crippen molar-refractivity contribution in [2.45, 2.75) is 11.4 Å². The fraction of sp³-hybridized carbons (Fsp3) is 0.0909. The van der Waals surface area contributed by atoms with Gasteiger partial charge < -0.3 is 0 Å². The first-order valence-corrected chi connectivity index (χ1v) is 7.83. The van der Waals surface area contributed by atoms with Gasteiger partial charge >= 0.3 is 5.69 Å². The molecule has 0 unspecified atom stereocenters. The molecule has 0 radical (unpaired) electrons. The summed E-state index contributed by atoms with van der Waals surface area (Å²) in [5, 5.41) is 4.90.